The molecule has 14 heavy (non-hydrogen) atoms. The Morgan fingerprint density at radius 2 is 1.43 bits per heavy atom. The van der Waals surface area contributed by atoms with Crippen molar-refractivity contribution < 1.29 is 14.4 Å². The second-order valence-electron chi connectivity index (χ2n) is 3.64. The molecule has 0 aromatic heterocycles. The Hall–Kier alpha value is 0.0169. The minimum atomic E-state index is -4.08. The molecule has 0 bridgehead atoms. The predicted molar refractivity (Wildman–Crippen MR) is 57.1 cm³/mol. The largest absolute Gasteiger partial charge is 0.510 e. The van der Waals surface area contributed by atoms with Crippen molar-refractivity contribution in [1.82, 2.24) is 0 Å². The molecule has 0 radical (unpaired) electrons. The van der Waals surface area contributed by atoms with Crippen molar-refractivity contribution in [2.45, 2.75) is 44.2 Å². The molecule has 86 valence electrons. The fourth-order valence-corrected chi connectivity index (χ4v) is 1.82. The lowest BCUT2D eigenvalue weighted by atomic mass is 10.1. The Kier molecular flexibility index (Phi) is 7.34. The van der Waals surface area contributed by atoms with E-state index in [2.05, 4.69) is 0 Å². The van der Waals surface area contributed by atoms with E-state index < -0.39 is 14.5 Å². The fraction of sp³-hybridized carbons (Fsp3) is 1.00. The number of nitrogens with two attached hydrogens (primary N) is 2. The maximum Gasteiger partial charge on any atom is 0.510 e. The zero-order valence-electron chi connectivity index (χ0n) is 8.52. The number of unbranched alkanes of at least 4 members (excludes halogenated alkanes) is 4. The van der Waals surface area contributed by atoms with Crippen LogP contribution in [0.4, 0.5) is 0 Å². The van der Waals surface area contributed by atoms with Crippen molar-refractivity contribution in [3.8, 4) is 0 Å². The summed E-state index contributed by atoms with van der Waals surface area (Å²) in [7, 11) is -4.08. The van der Waals surface area contributed by atoms with E-state index in [-0.39, 0.29) is 0 Å². The Balaban J connectivity index is 3.28. The van der Waals surface area contributed by atoms with E-state index >= 15 is 0 Å². The summed E-state index contributed by atoms with van der Waals surface area (Å²) >= 11 is 0. The van der Waals surface area contributed by atoms with E-state index in [4.69, 9.17) is 25.9 Å². The third-order valence-electron chi connectivity index (χ3n) is 2.22. The van der Waals surface area contributed by atoms with Gasteiger partial charge < -0.3 is 25.9 Å². The maximum atomic E-state index is 8.84. The van der Waals surface area contributed by atoms with E-state index in [1.165, 1.54) is 0 Å². The van der Waals surface area contributed by atoms with E-state index in [1.807, 2.05) is 0 Å². The van der Waals surface area contributed by atoms with E-state index in [1.54, 1.807) is 0 Å². The first-order valence-electron chi connectivity index (χ1n) is 5.11. The molecule has 0 spiro atoms. The molecule has 0 saturated heterocycles. The average Bonchev–Trinajstić information content (AvgIpc) is 2.09. The highest BCUT2D eigenvalue weighted by molar-refractivity contribution is 6.58. The molecule has 7 N–H and O–H groups in total. The van der Waals surface area contributed by atoms with E-state index in [9.17, 15) is 0 Å². The molecular formula is C8H22N2O3Si. The molecule has 0 saturated carbocycles. The fourth-order valence-electron chi connectivity index (χ4n) is 1.23. The molecule has 5 nitrogen and oxygen atoms in total. The molecular weight excluding hydrogens is 200 g/mol. The first-order valence-corrected chi connectivity index (χ1v) is 7.03. The molecule has 0 aliphatic carbocycles. The van der Waals surface area contributed by atoms with Crippen LogP contribution in [0.3, 0.4) is 0 Å². The second kappa shape index (κ2) is 7.33. The van der Waals surface area contributed by atoms with E-state index in [0.717, 1.165) is 38.6 Å². The topological polar surface area (TPSA) is 113 Å². The van der Waals surface area contributed by atoms with Crippen LogP contribution in [0.25, 0.3) is 0 Å². The van der Waals surface area contributed by atoms with Gasteiger partial charge in [0.05, 0.1) is 5.67 Å². The molecule has 0 heterocycles. The Bertz CT molecular complexity index is 141. The van der Waals surface area contributed by atoms with Crippen LogP contribution in [0, 0.1) is 0 Å². The minimum absolute atomic E-state index is 0.471. The first-order chi connectivity index (χ1) is 6.48. The van der Waals surface area contributed by atoms with Crippen molar-refractivity contribution >= 4 is 8.80 Å². The molecule has 1 unspecified atom stereocenters. The molecule has 6 heteroatoms. The van der Waals surface area contributed by atoms with Crippen LogP contribution >= 0.6 is 0 Å². The number of rotatable bonds is 8. The van der Waals surface area contributed by atoms with Gasteiger partial charge in [-0.05, 0) is 19.4 Å². The summed E-state index contributed by atoms with van der Waals surface area (Å²) in [5.41, 5.74) is 9.87. The van der Waals surface area contributed by atoms with Crippen LogP contribution in [0.1, 0.15) is 38.5 Å². The summed E-state index contributed by atoms with van der Waals surface area (Å²) in [5.74, 6) is 0. The Labute approximate surface area is 86.1 Å². The predicted octanol–water partition coefficient (Wildman–Crippen LogP) is -0.932. The normalized spacial score (nSPS) is 14.4. The summed E-state index contributed by atoms with van der Waals surface area (Å²) in [6.07, 6.45) is 5.51. The van der Waals surface area contributed by atoms with Gasteiger partial charge in [0, 0.05) is 0 Å². The summed E-state index contributed by atoms with van der Waals surface area (Å²) in [6, 6.07) is 0. The van der Waals surface area contributed by atoms with Crippen LogP contribution in [0.2, 0.25) is 0 Å². The van der Waals surface area contributed by atoms with Crippen molar-refractivity contribution in [2.24, 2.45) is 11.5 Å². The van der Waals surface area contributed by atoms with Crippen LogP contribution in [0.5, 0.6) is 0 Å². The molecule has 0 aromatic carbocycles. The molecule has 0 rings (SSSR count). The summed E-state index contributed by atoms with van der Waals surface area (Å²) in [5, 5.41) is 0. The lowest BCUT2D eigenvalue weighted by molar-refractivity contribution is 0.208. The average molecular weight is 222 g/mol. The highest BCUT2D eigenvalue weighted by Gasteiger charge is 2.35. The highest BCUT2D eigenvalue weighted by Crippen LogP contribution is 2.08. The van der Waals surface area contributed by atoms with Crippen molar-refractivity contribution in [3.63, 3.8) is 0 Å². The van der Waals surface area contributed by atoms with Gasteiger partial charge in [-0.1, -0.05) is 25.7 Å². The van der Waals surface area contributed by atoms with Gasteiger partial charge in [-0.25, -0.2) is 0 Å². The second-order valence-corrected chi connectivity index (χ2v) is 5.76. The zero-order chi connectivity index (χ0) is 11.0. The van der Waals surface area contributed by atoms with E-state index in [0.29, 0.717) is 6.42 Å². The highest BCUT2D eigenvalue weighted by atomic mass is 28.4. The summed E-state index contributed by atoms with van der Waals surface area (Å²) in [4.78, 5) is 26.5. The standard InChI is InChI=1S/C8H22N2O3Si/c9-7-5-3-1-2-4-6-8(10)14(11,12)13/h8,11-13H,1-7,9-10H2. The Morgan fingerprint density at radius 3 is 1.93 bits per heavy atom. The third kappa shape index (κ3) is 7.42. The molecule has 0 aliphatic rings. The Morgan fingerprint density at radius 1 is 0.929 bits per heavy atom. The van der Waals surface area contributed by atoms with Gasteiger partial charge in [0.1, 0.15) is 0 Å². The van der Waals surface area contributed by atoms with Crippen molar-refractivity contribution in [3.05, 3.63) is 0 Å². The monoisotopic (exact) mass is 222 g/mol. The first kappa shape index (κ1) is 14.0. The molecule has 0 aliphatic heterocycles. The summed E-state index contributed by atoms with van der Waals surface area (Å²) in [6.45, 7) is 0.722. The molecule has 0 fully saturated rings. The van der Waals surface area contributed by atoms with Gasteiger partial charge in [-0.3, -0.25) is 0 Å². The molecule has 0 aromatic rings. The van der Waals surface area contributed by atoms with Gasteiger partial charge in [-0.15, -0.1) is 0 Å². The van der Waals surface area contributed by atoms with Gasteiger partial charge in [0.15, 0.2) is 0 Å². The minimum Gasteiger partial charge on any atom is -0.389 e. The number of hydrogen-bond acceptors (Lipinski definition) is 5. The smallest absolute Gasteiger partial charge is 0.389 e. The van der Waals surface area contributed by atoms with Crippen molar-refractivity contribution in [2.75, 3.05) is 6.54 Å². The molecule has 0 amide bonds. The van der Waals surface area contributed by atoms with Crippen LogP contribution in [-0.2, 0) is 0 Å². The number of hydrogen-bond donors (Lipinski definition) is 5. The molecule has 1 atom stereocenters. The lowest BCUT2D eigenvalue weighted by Crippen LogP contribution is -2.53. The van der Waals surface area contributed by atoms with Crippen LogP contribution < -0.4 is 11.5 Å². The quantitative estimate of drug-likeness (QED) is 0.269. The van der Waals surface area contributed by atoms with Gasteiger partial charge >= 0.3 is 8.80 Å². The van der Waals surface area contributed by atoms with Crippen molar-refractivity contribution in [1.29, 1.82) is 0 Å². The van der Waals surface area contributed by atoms with Crippen LogP contribution in [0.15, 0.2) is 0 Å². The van der Waals surface area contributed by atoms with Crippen LogP contribution in [-0.4, -0.2) is 35.4 Å². The summed E-state index contributed by atoms with van der Waals surface area (Å²) < 4.78 is 0. The van der Waals surface area contributed by atoms with Gasteiger partial charge in [0.25, 0.3) is 0 Å². The zero-order valence-corrected chi connectivity index (χ0v) is 9.52. The van der Waals surface area contributed by atoms with Gasteiger partial charge in [-0.2, -0.15) is 0 Å². The SMILES string of the molecule is NCCCCCCCC(N)[Si](O)(O)O. The van der Waals surface area contributed by atoms with Gasteiger partial charge in [0.2, 0.25) is 0 Å². The lowest BCUT2D eigenvalue weighted by Gasteiger charge is -2.17. The third-order valence-corrected chi connectivity index (χ3v) is 3.50. The maximum absolute atomic E-state index is 8.84.